The predicted molar refractivity (Wildman–Crippen MR) is 70.0 cm³/mol. The van der Waals surface area contributed by atoms with Crippen LogP contribution >= 0.6 is 0 Å². The molecule has 0 unspecified atom stereocenters. The molecule has 4 nitrogen and oxygen atoms in total. The van der Waals surface area contributed by atoms with Crippen molar-refractivity contribution in [1.82, 2.24) is 0 Å². The van der Waals surface area contributed by atoms with Gasteiger partial charge in [0.2, 0.25) is 0 Å². The zero-order chi connectivity index (χ0) is 13.9. The Kier molecular flexibility index (Phi) is 3.88. The van der Waals surface area contributed by atoms with Gasteiger partial charge in [0.05, 0.1) is 0 Å². The molecule has 0 aromatic heterocycles. The van der Waals surface area contributed by atoms with Crippen LogP contribution in [0.4, 0.5) is 0 Å². The fourth-order valence-electron chi connectivity index (χ4n) is 1.95. The maximum Gasteiger partial charge on any atom is 0.348 e. The minimum atomic E-state index is -1.16. The molecule has 0 aromatic carbocycles. The lowest BCUT2D eigenvalue weighted by Crippen LogP contribution is -2.41. The minimum absolute atomic E-state index is 0.0158. The second kappa shape index (κ2) is 5.43. The van der Waals surface area contributed by atoms with Crippen molar-refractivity contribution in [2.24, 2.45) is 0 Å². The fourth-order valence-corrected chi connectivity index (χ4v) is 1.95. The van der Waals surface area contributed by atoms with E-state index < -0.39 is 17.7 Å². The molecule has 2 rings (SSSR count). The van der Waals surface area contributed by atoms with E-state index >= 15 is 0 Å². The van der Waals surface area contributed by atoms with Gasteiger partial charge in [-0.05, 0) is 31.3 Å². The van der Waals surface area contributed by atoms with Crippen LogP contribution in [0.25, 0.3) is 0 Å². The molecule has 0 radical (unpaired) electrons. The Bertz CT molecular complexity index is 458. The van der Waals surface area contributed by atoms with Crippen molar-refractivity contribution in [1.29, 1.82) is 0 Å². The van der Waals surface area contributed by atoms with Crippen LogP contribution in [-0.4, -0.2) is 17.7 Å². The first-order valence-electron chi connectivity index (χ1n) is 6.52. The number of rotatable bonds is 5. The maximum atomic E-state index is 11.6. The molecule has 0 saturated carbocycles. The van der Waals surface area contributed by atoms with E-state index in [1.807, 2.05) is 6.08 Å². The lowest BCUT2D eigenvalue weighted by molar-refractivity contribution is -0.222. The van der Waals surface area contributed by atoms with E-state index in [1.165, 1.54) is 5.57 Å². The summed E-state index contributed by atoms with van der Waals surface area (Å²) in [4.78, 5) is 23.3. The smallest absolute Gasteiger partial charge is 0.348 e. The molecule has 0 amide bonds. The molecule has 4 heteroatoms. The van der Waals surface area contributed by atoms with Gasteiger partial charge < -0.3 is 9.47 Å². The average molecular weight is 262 g/mol. The number of carbonyl (C=O) groups excluding carboxylic acids is 2. The van der Waals surface area contributed by atoms with Gasteiger partial charge in [0.15, 0.2) is 0 Å². The molecular formula is C15H18O4. The summed E-state index contributed by atoms with van der Waals surface area (Å²) in [5.74, 6) is -2.34. The molecule has 19 heavy (non-hydrogen) atoms. The zero-order valence-electron chi connectivity index (χ0n) is 11.3. The van der Waals surface area contributed by atoms with E-state index in [-0.39, 0.29) is 5.57 Å². The SMILES string of the molecule is CC1(C)OC(=O)C(=CCCCCC2=CC=C2)C(=O)O1. The Hall–Kier alpha value is -1.84. The van der Waals surface area contributed by atoms with Crippen molar-refractivity contribution in [2.75, 3.05) is 0 Å². The normalized spacial score (nSPS) is 20.3. The minimum Gasteiger partial charge on any atom is -0.419 e. The van der Waals surface area contributed by atoms with Crippen LogP contribution in [0.5, 0.6) is 0 Å². The molecule has 1 aliphatic carbocycles. The number of carbonyl (C=O) groups is 2. The Morgan fingerprint density at radius 1 is 1.16 bits per heavy atom. The first-order valence-corrected chi connectivity index (χ1v) is 6.52. The van der Waals surface area contributed by atoms with E-state index in [1.54, 1.807) is 19.9 Å². The van der Waals surface area contributed by atoms with Gasteiger partial charge in [-0.1, -0.05) is 24.3 Å². The van der Waals surface area contributed by atoms with Crippen LogP contribution in [0.2, 0.25) is 0 Å². The molecular weight excluding hydrogens is 244 g/mol. The monoisotopic (exact) mass is 262 g/mol. The number of hydrogen-bond donors (Lipinski definition) is 0. The molecule has 1 heterocycles. The highest BCUT2D eigenvalue weighted by molar-refractivity contribution is 6.15. The number of hydrogen-bond acceptors (Lipinski definition) is 4. The van der Waals surface area contributed by atoms with E-state index in [2.05, 4.69) is 12.2 Å². The molecule has 102 valence electrons. The Labute approximate surface area is 112 Å². The highest BCUT2D eigenvalue weighted by atomic mass is 16.7. The van der Waals surface area contributed by atoms with Crippen LogP contribution in [0.15, 0.2) is 35.5 Å². The summed E-state index contributed by atoms with van der Waals surface area (Å²) >= 11 is 0. The van der Waals surface area contributed by atoms with Crippen LogP contribution in [0, 0.1) is 0 Å². The summed E-state index contributed by atoms with van der Waals surface area (Å²) in [6.45, 7) is 3.08. The van der Waals surface area contributed by atoms with Crippen molar-refractivity contribution in [3.63, 3.8) is 0 Å². The number of cyclic esters (lactones) is 2. The molecule has 0 N–H and O–H groups in total. The zero-order valence-corrected chi connectivity index (χ0v) is 11.3. The predicted octanol–water partition coefficient (Wildman–Crippen LogP) is 2.81. The van der Waals surface area contributed by atoms with E-state index in [9.17, 15) is 9.59 Å². The van der Waals surface area contributed by atoms with Gasteiger partial charge in [-0.3, -0.25) is 0 Å². The molecule has 0 aromatic rings. The van der Waals surface area contributed by atoms with Gasteiger partial charge in [0.1, 0.15) is 5.57 Å². The van der Waals surface area contributed by atoms with Crippen LogP contribution in [-0.2, 0) is 19.1 Å². The van der Waals surface area contributed by atoms with E-state index in [0.29, 0.717) is 6.42 Å². The standard InChI is InChI=1S/C15H18O4/c1-15(2)18-13(16)12(14(17)19-15)10-5-3-4-7-11-8-6-9-11/h6,8-10H,3-5,7H2,1-2H3. The third-order valence-electron chi connectivity index (χ3n) is 3.01. The Balaban J connectivity index is 1.78. The van der Waals surface area contributed by atoms with Crippen molar-refractivity contribution in [2.45, 2.75) is 45.3 Å². The van der Waals surface area contributed by atoms with Gasteiger partial charge in [0.25, 0.3) is 5.79 Å². The quantitative estimate of drug-likeness (QED) is 0.331. The van der Waals surface area contributed by atoms with E-state index in [4.69, 9.17) is 9.47 Å². The summed E-state index contributed by atoms with van der Waals surface area (Å²) in [7, 11) is 0. The lowest BCUT2D eigenvalue weighted by Gasteiger charge is -2.29. The highest BCUT2D eigenvalue weighted by Crippen LogP contribution is 2.23. The summed E-state index contributed by atoms with van der Waals surface area (Å²) < 4.78 is 10.0. The van der Waals surface area contributed by atoms with Crippen molar-refractivity contribution >= 4 is 11.9 Å². The van der Waals surface area contributed by atoms with Gasteiger partial charge in [-0.15, -0.1) is 0 Å². The van der Waals surface area contributed by atoms with Crippen LogP contribution in [0.1, 0.15) is 39.5 Å². The summed E-state index contributed by atoms with van der Waals surface area (Å²) in [5.41, 5.74) is 1.37. The van der Waals surface area contributed by atoms with Gasteiger partial charge in [-0.2, -0.15) is 0 Å². The summed E-state index contributed by atoms with van der Waals surface area (Å²) in [6, 6.07) is 0. The second-order valence-electron chi connectivity index (χ2n) is 5.14. The van der Waals surface area contributed by atoms with Crippen LogP contribution < -0.4 is 0 Å². The first kappa shape index (κ1) is 13.6. The fraction of sp³-hybridized carbons (Fsp3) is 0.467. The van der Waals surface area contributed by atoms with Crippen LogP contribution in [0.3, 0.4) is 0 Å². The number of ether oxygens (including phenoxy) is 2. The molecule has 2 aliphatic rings. The van der Waals surface area contributed by atoms with Gasteiger partial charge >= 0.3 is 11.9 Å². The highest BCUT2D eigenvalue weighted by Gasteiger charge is 2.38. The number of unbranched alkanes of at least 4 members (excludes halogenated alkanes) is 2. The first-order chi connectivity index (χ1) is 8.98. The van der Waals surface area contributed by atoms with Crippen molar-refractivity contribution < 1.29 is 19.1 Å². The molecule has 0 spiro atoms. The molecule has 0 bridgehead atoms. The number of allylic oxidation sites excluding steroid dienone is 5. The van der Waals surface area contributed by atoms with Gasteiger partial charge in [-0.25, -0.2) is 9.59 Å². The average Bonchev–Trinajstić information content (AvgIpc) is 2.21. The second-order valence-corrected chi connectivity index (χ2v) is 5.14. The summed E-state index contributed by atoms with van der Waals surface area (Å²) in [5, 5.41) is 0. The van der Waals surface area contributed by atoms with Gasteiger partial charge in [0, 0.05) is 13.8 Å². The molecule has 0 atom stereocenters. The topological polar surface area (TPSA) is 52.6 Å². The summed E-state index contributed by atoms with van der Waals surface area (Å²) in [6.07, 6.45) is 11.5. The molecule has 1 fully saturated rings. The third-order valence-corrected chi connectivity index (χ3v) is 3.01. The molecule has 1 saturated heterocycles. The van der Waals surface area contributed by atoms with Crippen molar-refractivity contribution in [3.8, 4) is 0 Å². The maximum absolute atomic E-state index is 11.6. The largest absolute Gasteiger partial charge is 0.419 e. The molecule has 1 aliphatic heterocycles. The number of esters is 2. The van der Waals surface area contributed by atoms with E-state index in [0.717, 1.165) is 19.3 Å². The van der Waals surface area contributed by atoms with Crippen molar-refractivity contribution in [3.05, 3.63) is 35.5 Å². The lowest BCUT2D eigenvalue weighted by atomic mass is 10.0. The Morgan fingerprint density at radius 2 is 1.79 bits per heavy atom. The Morgan fingerprint density at radius 3 is 2.32 bits per heavy atom. The third kappa shape index (κ3) is 3.56.